The van der Waals surface area contributed by atoms with Crippen LogP contribution >= 0.6 is 0 Å². The monoisotopic (exact) mass is 324 g/mol. The highest BCUT2D eigenvalue weighted by atomic mass is 16.6. The lowest BCUT2D eigenvalue weighted by molar-refractivity contribution is 0.0517. The second-order valence-corrected chi connectivity index (χ2v) is 8.45. The van der Waals surface area contributed by atoms with E-state index in [1.807, 2.05) is 20.8 Å². The third-order valence-electron chi connectivity index (χ3n) is 5.21. The Kier molecular flexibility index (Phi) is 7.19. The van der Waals surface area contributed by atoms with Crippen LogP contribution in [0.3, 0.4) is 0 Å². The second kappa shape index (κ2) is 8.91. The highest BCUT2D eigenvalue weighted by molar-refractivity contribution is 5.67. The van der Waals surface area contributed by atoms with Crippen LogP contribution in [-0.2, 0) is 4.74 Å². The van der Waals surface area contributed by atoms with E-state index in [4.69, 9.17) is 4.74 Å². The Hall–Kier alpha value is -0.770. The van der Waals surface area contributed by atoms with Crippen LogP contribution in [0.4, 0.5) is 4.79 Å². The molecule has 0 aromatic carbocycles. The highest BCUT2D eigenvalue weighted by Gasteiger charge is 2.28. The molecule has 2 N–H and O–H groups in total. The Bertz CT molecular complexity index is 357. The van der Waals surface area contributed by atoms with Gasteiger partial charge < -0.3 is 15.4 Å². The largest absolute Gasteiger partial charge is 0.444 e. The van der Waals surface area contributed by atoms with Gasteiger partial charge >= 0.3 is 6.09 Å². The summed E-state index contributed by atoms with van der Waals surface area (Å²) in [6.45, 7) is 7.60. The van der Waals surface area contributed by atoms with Gasteiger partial charge in [-0.3, -0.25) is 0 Å². The lowest BCUT2D eigenvalue weighted by Gasteiger charge is -2.25. The first-order valence-electron chi connectivity index (χ1n) is 9.64. The van der Waals surface area contributed by atoms with Gasteiger partial charge in [0.1, 0.15) is 5.60 Å². The fourth-order valence-electron chi connectivity index (χ4n) is 3.96. The first-order valence-corrected chi connectivity index (χ1v) is 9.64. The summed E-state index contributed by atoms with van der Waals surface area (Å²) in [7, 11) is 0. The van der Waals surface area contributed by atoms with E-state index >= 15 is 0 Å². The zero-order valence-electron chi connectivity index (χ0n) is 15.3. The fourth-order valence-corrected chi connectivity index (χ4v) is 3.96. The van der Waals surface area contributed by atoms with E-state index in [9.17, 15) is 4.79 Å². The van der Waals surface area contributed by atoms with E-state index < -0.39 is 5.60 Å². The number of hydrogen-bond acceptors (Lipinski definition) is 3. The molecule has 0 radical (unpaired) electrons. The number of amides is 1. The van der Waals surface area contributed by atoms with Gasteiger partial charge in [-0.05, 0) is 64.8 Å². The maximum absolute atomic E-state index is 11.8. The Labute approximate surface area is 142 Å². The van der Waals surface area contributed by atoms with E-state index in [0.717, 1.165) is 19.0 Å². The predicted octanol–water partition coefficient (Wildman–Crippen LogP) is 4.24. The van der Waals surface area contributed by atoms with Gasteiger partial charge in [-0.1, -0.05) is 32.1 Å². The maximum Gasteiger partial charge on any atom is 0.407 e. The average Bonchev–Trinajstić information content (AvgIpc) is 2.74. The third kappa shape index (κ3) is 7.11. The molecule has 0 saturated heterocycles. The van der Waals surface area contributed by atoms with Crippen LogP contribution in [0, 0.1) is 11.8 Å². The van der Waals surface area contributed by atoms with E-state index in [-0.39, 0.29) is 6.09 Å². The molecule has 4 nitrogen and oxygen atoms in total. The van der Waals surface area contributed by atoms with Crippen molar-refractivity contribution in [1.29, 1.82) is 0 Å². The van der Waals surface area contributed by atoms with Gasteiger partial charge in [0.15, 0.2) is 0 Å². The van der Waals surface area contributed by atoms with E-state index in [2.05, 4.69) is 10.6 Å². The molecule has 1 amide bonds. The number of alkyl carbamates (subject to hydrolysis) is 1. The molecule has 0 aromatic rings. The molecule has 2 fully saturated rings. The average molecular weight is 325 g/mol. The normalized spacial score (nSPS) is 26.7. The smallest absolute Gasteiger partial charge is 0.407 e. The second-order valence-electron chi connectivity index (χ2n) is 8.45. The SMILES string of the molecule is CC(C)(C)OC(=O)NCC1CCCC1NCC1CCCCCC1. The third-order valence-corrected chi connectivity index (χ3v) is 5.21. The Morgan fingerprint density at radius 2 is 1.65 bits per heavy atom. The molecule has 2 aliphatic carbocycles. The Morgan fingerprint density at radius 1 is 0.957 bits per heavy atom. The van der Waals surface area contributed by atoms with Crippen molar-refractivity contribution >= 4 is 6.09 Å². The zero-order valence-corrected chi connectivity index (χ0v) is 15.3. The van der Waals surface area contributed by atoms with Crippen LogP contribution in [0.25, 0.3) is 0 Å². The van der Waals surface area contributed by atoms with Gasteiger partial charge in [-0.2, -0.15) is 0 Å². The van der Waals surface area contributed by atoms with Gasteiger partial charge in [0.2, 0.25) is 0 Å². The van der Waals surface area contributed by atoms with Crippen molar-refractivity contribution in [2.24, 2.45) is 11.8 Å². The molecule has 134 valence electrons. The molecule has 0 bridgehead atoms. The van der Waals surface area contributed by atoms with Gasteiger partial charge in [-0.25, -0.2) is 4.79 Å². The molecule has 4 heteroatoms. The van der Waals surface area contributed by atoms with E-state index in [0.29, 0.717) is 12.0 Å². The minimum atomic E-state index is -0.420. The fraction of sp³-hybridized carbons (Fsp3) is 0.947. The molecule has 2 aliphatic rings. The lowest BCUT2D eigenvalue weighted by atomic mass is 9.98. The number of carbonyl (C=O) groups is 1. The summed E-state index contributed by atoms with van der Waals surface area (Å²) in [5, 5.41) is 6.77. The minimum Gasteiger partial charge on any atom is -0.444 e. The van der Waals surface area contributed by atoms with E-state index in [1.54, 1.807) is 0 Å². The minimum absolute atomic E-state index is 0.285. The van der Waals surface area contributed by atoms with Crippen molar-refractivity contribution in [3.8, 4) is 0 Å². The number of ether oxygens (including phenoxy) is 1. The van der Waals surface area contributed by atoms with Crippen molar-refractivity contribution in [3.05, 3.63) is 0 Å². The van der Waals surface area contributed by atoms with Crippen molar-refractivity contribution in [1.82, 2.24) is 10.6 Å². The maximum atomic E-state index is 11.8. The molecule has 2 atom stereocenters. The van der Waals surface area contributed by atoms with Crippen LogP contribution in [0.5, 0.6) is 0 Å². The molecule has 0 heterocycles. The topological polar surface area (TPSA) is 50.4 Å². The molecule has 23 heavy (non-hydrogen) atoms. The summed E-state index contributed by atoms with van der Waals surface area (Å²) in [6, 6.07) is 0.563. The van der Waals surface area contributed by atoms with Crippen LogP contribution < -0.4 is 10.6 Å². The lowest BCUT2D eigenvalue weighted by Crippen LogP contribution is -2.42. The highest BCUT2D eigenvalue weighted by Crippen LogP contribution is 2.27. The van der Waals surface area contributed by atoms with Crippen LogP contribution in [-0.4, -0.2) is 30.8 Å². The number of carbonyl (C=O) groups excluding carboxylic acids is 1. The Balaban J connectivity index is 1.69. The molecule has 2 saturated carbocycles. The summed E-state index contributed by atoms with van der Waals surface area (Å²) in [5.74, 6) is 1.41. The van der Waals surface area contributed by atoms with Crippen LogP contribution in [0.1, 0.15) is 78.6 Å². The van der Waals surface area contributed by atoms with Gasteiger partial charge in [0, 0.05) is 12.6 Å². The van der Waals surface area contributed by atoms with Gasteiger partial charge in [-0.15, -0.1) is 0 Å². The van der Waals surface area contributed by atoms with Crippen LogP contribution in [0.15, 0.2) is 0 Å². The number of nitrogens with one attached hydrogen (secondary N) is 2. The summed E-state index contributed by atoms with van der Waals surface area (Å²) in [6.07, 6.45) is 11.9. The molecular weight excluding hydrogens is 288 g/mol. The molecule has 0 spiro atoms. The van der Waals surface area contributed by atoms with Crippen molar-refractivity contribution in [3.63, 3.8) is 0 Å². The number of hydrogen-bond donors (Lipinski definition) is 2. The van der Waals surface area contributed by atoms with E-state index in [1.165, 1.54) is 57.8 Å². The zero-order chi connectivity index (χ0) is 16.7. The molecule has 0 aromatic heterocycles. The molecule has 2 rings (SSSR count). The van der Waals surface area contributed by atoms with Crippen molar-refractivity contribution < 1.29 is 9.53 Å². The summed E-state index contributed by atoms with van der Waals surface area (Å²) >= 11 is 0. The summed E-state index contributed by atoms with van der Waals surface area (Å²) in [5.41, 5.74) is -0.420. The summed E-state index contributed by atoms with van der Waals surface area (Å²) < 4.78 is 5.33. The number of rotatable bonds is 5. The van der Waals surface area contributed by atoms with Crippen LogP contribution in [0.2, 0.25) is 0 Å². The molecule has 2 unspecified atom stereocenters. The van der Waals surface area contributed by atoms with Gasteiger partial charge in [0.25, 0.3) is 0 Å². The quantitative estimate of drug-likeness (QED) is 0.744. The molecule has 0 aliphatic heterocycles. The standard InChI is InChI=1S/C19H36N2O2/c1-19(2,3)23-18(22)21-14-16-11-8-12-17(16)20-13-15-9-6-4-5-7-10-15/h15-17,20H,4-14H2,1-3H3,(H,21,22). The van der Waals surface area contributed by atoms with Crippen molar-refractivity contribution in [2.45, 2.75) is 90.2 Å². The summed E-state index contributed by atoms with van der Waals surface area (Å²) in [4.78, 5) is 11.8. The first-order chi connectivity index (χ1) is 10.9. The first kappa shape index (κ1) is 18.6. The van der Waals surface area contributed by atoms with Gasteiger partial charge in [0.05, 0.1) is 0 Å². The molecular formula is C19H36N2O2. The van der Waals surface area contributed by atoms with Crippen molar-refractivity contribution in [2.75, 3.05) is 13.1 Å². The Morgan fingerprint density at radius 3 is 2.30 bits per heavy atom. The predicted molar refractivity (Wildman–Crippen MR) is 94.6 cm³/mol.